The predicted octanol–water partition coefficient (Wildman–Crippen LogP) is 1.33. The van der Waals surface area contributed by atoms with Crippen LogP contribution < -0.4 is 16.1 Å². The van der Waals surface area contributed by atoms with E-state index in [1.165, 1.54) is 4.90 Å². The van der Waals surface area contributed by atoms with Gasteiger partial charge in [0.2, 0.25) is 17.7 Å². The van der Waals surface area contributed by atoms with E-state index in [9.17, 15) is 28.4 Å². The topological polar surface area (TPSA) is 128 Å². The van der Waals surface area contributed by atoms with Crippen molar-refractivity contribution >= 4 is 41.1 Å². The van der Waals surface area contributed by atoms with Gasteiger partial charge < -0.3 is 15.5 Å². The Bertz CT molecular complexity index is 1090. The largest absolute Gasteiger partial charge is 0.356 e. The molecule has 39 heavy (non-hydrogen) atoms. The summed E-state index contributed by atoms with van der Waals surface area (Å²) in [5, 5.41) is 6.44. The molecule has 4 saturated carbocycles. The first-order valence-electron chi connectivity index (χ1n) is 13.9. The molecule has 0 aromatic heterocycles. The van der Waals surface area contributed by atoms with Crippen molar-refractivity contribution in [1.82, 2.24) is 26.0 Å². The second kappa shape index (κ2) is 9.31. The minimum Gasteiger partial charge on any atom is -0.356 e. The lowest BCUT2D eigenvalue weighted by Crippen LogP contribution is -2.66. The summed E-state index contributed by atoms with van der Waals surface area (Å²) < 4.78 is 13.9. The molecule has 0 radical (unpaired) electrons. The maximum absolute atomic E-state index is 14.0. The van der Waals surface area contributed by atoms with Crippen LogP contribution in [0.4, 0.5) is 4.39 Å². The van der Waals surface area contributed by atoms with Crippen LogP contribution in [0.1, 0.15) is 60.3 Å². The molecule has 0 aromatic carbocycles. The Kier molecular flexibility index (Phi) is 6.71. The smallest absolute Gasteiger partial charge is 0.291 e. The summed E-state index contributed by atoms with van der Waals surface area (Å²) in [5.41, 5.74) is -1.09. The number of hydrogen-bond donors (Lipinski definition) is 3. The summed E-state index contributed by atoms with van der Waals surface area (Å²) >= 11 is 5.43. The van der Waals surface area contributed by atoms with Gasteiger partial charge in [-0.2, -0.15) is 0 Å². The minimum absolute atomic E-state index is 0.0675. The molecule has 6 atom stereocenters. The standard InChI is InChI=1S/C27H39ClFN5O5/c1-25(2,3)18(31-24(39)27-8-13(9-27)10-27)22(37)33-12-15-16(26(15,4)5)17(33)21(36)32-34(23(38)19(28)29)11-14-6-7-30-20(14)35/h13-19H,6-12H2,1-5H3,(H,30,35)(H,31,39)(H,32,36)/t13?,14-,15-,16-,17-,18?,19?,27?/m0/s1. The molecule has 2 heterocycles. The normalized spacial score (nSPS) is 35.0. The van der Waals surface area contributed by atoms with Gasteiger partial charge in [-0.1, -0.05) is 46.2 Å². The third-order valence-electron chi connectivity index (χ3n) is 9.93. The quantitative estimate of drug-likeness (QED) is 0.316. The van der Waals surface area contributed by atoms with E-state index in [1.807, 2.05) is 34.6 Å². The molecular formula is C27H39ClFN5O5. The van der Waals surface area contributed by atoms with Crippen LogP contribution in [-0.4, -0.2) is 76.8 Å². The van der Waals surface area contributed by atoms with Gasteiger partial charge in [0.05, 0.1) is 12.5 Å². The van der Waals surface area contributed by atoms with E-state index in [4.69, 9.17) is 11.6 Å². The number of hydrazine groups is 1. The van der Waals surface area contributed by atoms with Crippen molar-refractivity contribution in [1.29, 1.82) is 0 Å². The van der Waals surface area contributed by atoms with Crippen molar-refractivity contribution in [2.24, 2.45) is 39.9 Å². The van der Waals surface area contributed by atoms with Gasteiger partial charge in [0, 0.05) is 18.5 Å². The van der Waals surface area contributed by atoms with E-state index in [2.05, 4.69) is 16.1 Å². The van der Waals surface area contributed by atoms with E-state index >= 15 is 0 Å². The Morgan fingerprint density at radius 1 is 1.21 bits per heavy atom. The summed E-state index contributed by atoms with van der Waals surface area (Å²) in [6.45, 7) is 10.2. The number of fused-ring (bicyclic) bond motifs is 1. The van der Waals surface area contributed by atoms with Gasteiger partial charge in [0.1, 0.15) is 12.1 Å². The summed E-state index contributed by atoms with van der Waals surface area (Å²) in [4.78, 5) is 67.1. The predicted molar refractivity (Wildman–Crippen MR) is 139 cm³/mol. The molecule has 5 amide bonds. The van der Waals surface area contributed by atoms with Crippen LogP contribution in [0, 0.1) is 39.9 Å². The van der Waals surface area contributed by atoms with Crippen molar-refractivity contribution in [3.05, 3.63) is 0 Å². The van der Waals surface area contributed by atoms with Gasteiger partial charge in [-0.05, 0) is 54.3 Å². The number of likely N-dealkylation sites (tertiary alicyclic amines) is 1. The first kappa shape index (κ1) is 28.1. The molecule has 10 nitrogen and oxygen atoms in total. The summed E-state index contributed by atoms with van der Waals surface area (Å²) in [6, 6.07) is -1.76. The van der Waals surface area contributed by atoms with Crippen LogP contribution in [-0.2, 0) is 24.0 Å². The van der Waals surface area contributed by atoms with Gasteiger partial charge in [-0.15, -0.1) is 0 Å². The lowest BCUT2D eigenvalue weighted by molar-refractivity contribution is -0.168. The number of halogens is 2. The Morgan fingerprint density at radius 2 is 1.85 bits per heavy atom. The third kappa shape index (κ3) is 4.68. The van der Waals surface area contributed by atoms with E-state index in [1.54, 1.807) is 0 Å². The lowest BCUT2D eigenvalue weighted by Gasteiger charge is -2.60. The molecule has 2 unspecified atom stereocenters. The average molecular weight is 568 g/mol. The van der Waals surface area contributed by atoms with Gasteiger partial charge in [-0.3, -0.25) is 29.4 Å². The number of carbonyl (C=O) groups is 5. The number of piperidine rings is 1. The molecule has 2 aliphatic heterocycles. The molecule has 3 N–H and O–H groups in total. The number of alkyl halides is 2. The number of nitrogens with zero attached hydrogens (tertiary/aromatic N) is 2. The number of hydrogen-bond acceptors (Lipinski definition) is 5. The highest BCUT2D eigenvalue weighted by molar-refractivity contribution is 6.29. The molecule has 0 aromatic rings. The zero-order chi connectivity index (χ0) is 28.7. The molecule has 6 rings (SSSR count). The fourth-order valence-electron chi connectivity index (χ4n) is 7.22. The molecule has 4 aliphatic carbocycles. The lowest BCUT2D eigenvalue weighted by atomic mass is 9.44. The fourth-order valence-corrected chi connectivity index (χ4v) is 7.33. The summed E-state index contributed by atoms with van der Waals surface area (Å²) in [7, 11) is 0. The average Bonchev–Trinajstić information content (AvgIpc) is 3.13. The van der Waals surface area contributed by atoms with Crippen molar-refractivity contribution in [2.45, 2.75) is 78.0 Å². The number of amides is 5. The molecule has 2 saturated heterocycles. The highest BCUT2D eigenvalue weighted by Crippen LogP contribution is 2.65. The van der Waals surface area contributed by atoms with Crippen LogP contribution >= 0.6 is 11.6 Å². The van der Waals surface area contributed by atoms with E-state index in [0.29, 0.717) is 25.4 Å². The fraction of sp³-hybridized carbons (Fsp3) is 0.815. The first-order valence-corrected chi connectivity index (χ1v) is 14.3. The van der Waals surface area contributed by atoms with Gasteiger partial charge in [-0.25, -0.2) is 9.40 Å². The third-order valence-corrected chi connectivity index (χ3v) is 10.1. The second-order valence-electron chi connectivity index (χ2n) is 13.9. The van der Waals surface area contributed by atoms with Gasteiger partial charge >= 0.3 is 0 Å². The molecule has 216 valence electrons. The van der Waals surface area contributed by atoms with Crippen LogP contribution in [0.15, 0.2) is 0 Å². The van der Waals surface area contributed by atoms with E-state index in [0.717, 1.165) is 24.3 Å². The van der Waals surface area contributed by atoms with E-state index < -0.39 is 40.9 Å². The maximum atomic E-state index is 14.0. The number of carbonyl (C=O) groups excluding carboxylic acids is 5. The van der Waals surface area contributed by atoms with Crippen LogP contribution in [0.2, 0.25) is 0 Å². The first-order chi connectivity index (χ1) is 18.1. The Morgan fingerprint density at radius 3 is 2.33 bits per heavy atom. The highest BCUT2D eigenvalue weighted by atomic mass is 35.5. The zero-order valence-electron chi connectivity index (χ0n) is 23.2. The summed E-state index contributed by atoms with van der Waals surface area (Å²) in [5.74, 6) is -2.66. The molecular weight excluding hydrogens is 529 g/mol. The Hall–Kier alpha value is -2.43. The van der Waals surface area contributed by atoms with Crippen molar-refractivity contribution < 1.29 is 28.4 Å². The molecule has 6 aliphatic rings. The number of rotatable bonds is 7. The Labute approximate surface area is 233 Å². The molecule has 2 bridgehead atoms. The van der Waals surface area contributed by atoms with Crippen molar-refractivity contribution in [3.63, 3.8) is 0 Å². The molecule has 0 spiro atoms. The van der Waals surface area contributed by atoms with Crippen molar-refractivity contribution in [2.75, 3.05) is 19.6 Å². The van der Waals surface area contributed by atoms with Crippen molar-refractivity contribution in [3.8, 4) is 0 Å². The molecule has 12 heteroatoms. The monoisotopic (exact) mass is 567 g/mol. The second-order valence-corrected chi connectivity index (χ2v) is 14.3. The minimum atomic E-state index is -2.40. The van der Waals surface area contributed by atoms with Crippen LogP contribution in [0.25, 0.3) is 0 Å². The van der Waals surface area contributed by atoms with E-state index in [-0.39, 0.29) is 46.9 Å². The molecule has 6 fully saturated rings. The van der Waals surface area contributed by atoms with Crippen LogP contribution in [0.3, 0.4) is 0 Å². The highest BCUT2D eigenvalue weighted by Gasteiger charge is 2.70. The SMILES string of the molecule is CC(C)(C)C(NC(=O)C12CC(C1)C2)C(=O)N1C[C@H]2[C@@H]([C@H]1C(=O)NN(C[C@@H]1CCNC1=O)C(=O)C(F)Cl)C2(C)C. The zero-order valence-corrected chi connectivity index (χ0v) is 23.9. The van der Waals surface area contributed by atoms with Gasteiger partial charge in [0.15, 0.2) is 0 Å². The maximum Gasteiger partial charge on any atom is 0.291 e. The summed E-state index contributed by atoms with van der Waals surface area (Å²) in [6.07, 6.45) is 3.00. The van der Waals surface area contributed by atoms with Crippen LogP contribution in [0.5, 0.6) is 0 Å². The number of nitrogens with one attached hydrogen (secondary N) is 3. The Balaban J connectivity index is 1.36. The van der Waals surface area contributed by atoms with Gasteiger partial charge in [0.25, 0.3) is 17.4 Å².